The van der Waals surface area contributed by atoms with Gasteiger partial charge < -0.3 is 19.8 Å². The Kier molecular flexibility index (Phi) is 7.93. The number of rotatable bonds is 4. The predicted molar refractivity (Wildman–Crippen MR) is 78.9 cm³/mol. The van der Waals surface area contributed by atoms with E-state index < -0.39 is 11.9 Å². The summed E-state index contributed by atoms with van der Waals surface area (Å²) >= 11 is 0. The molecule has 3 aromatic rings. The molecule has 0 unspecified atom stereocenters. The van der Waals surface area contributed by atoms with Crippen LogP contribution in [-0.2, 0) is 22.4 Å². The molecule has 0 atom stereocenters. The molecule has 3 rings (SSSR count). The molecule has 0 N–H and O–H groups in total. The second-order valence-corrected chi connectivity index (χ2v) is 5.15. The van der Waals surface area contributed by atoms with E-state index in [0.717, 1.165) is 21.5 Å². The van der Waals surface area contributed by atoms with Crippen LogP contribution in [0.4, 0.5) is 0 Å². The minimum Gasteiger partial charge on any atom is -0.550 e. The van der Waals surface area contributed by atoms with E-state index in [-0.39, 0.29) is 72.0 Å². The number of carbonyl (C=O) groups is 2. The third-order valence-electron chi connectivity index (χ3n) is 3.80. The van der Waals surface area contributed by atoms with Crippen molar-refractivity contribution in [3.05, 3.63) is 59.7 Å². The third-order valence-corrected chi connectivity index (χ3v) is 3.80. The van der Waals surface area contributed by atoms with Gasteiger partial charge in [0.05, 0.1) is 0 Å². The van der Waals surface area contributed by atoms with E-state index in [4.69, 9.17) is 0 Å². The molecule has 0 aromatic heterocycles. The number of benzene rings is 3. The summed E-state index contributed by atoms with van der Waals surface area (Å²) in [6.07, 6.45) is -0.431. The van der Waals surface area contributed by atoms with Crippen molar-refractivity contribution in [3.8, 4) is 0 Å². The van der Waals surface area contributed by atoms with E-state index in [1.165, 1.54) is 0 Å². The van der Waals surface area contributed by atoms with Crippen LogP contribution in [-0.4, -0.2) is 11.9 Å². The molecular weight excluding hydrogens is 326 g/mol. The molecule has 0 spiro atoms. The first-order valence-electron chi connectivity index (χ1n) is 6.89. The van der Waals surface area contributed by atoms with Crippen LogP contribution in [0.25, 0.3) is 21.5 Å². The minimum absolute atomic E-state index is 0. The molecule has 0 saturated heterocycles. The minimum atomic E-state index is -1.16. The van der Waals surface area contributed by atoms with Crippen LogP contribution >= 0.6 is 0 Å². The number of carboxylic acids is 2. The Hall–Kier alpha value is -0.880. The van der Waals surface area contributed by atoms with Gasteiger partial charge in [0.2, 0.25) is 0 Å². The van der Waals surface area contributed by atoms with Gasteiger partial charge in [-0.1, -0.05) is 48.5 Å². The summed E-state index contributed by atoms with van der Waals surface area (Å²) in [7, 11) is 0. The molecule has 0 saturated carbocycles. The first kappa shape index (κ1) is 21.2. The van der Waals surface area contributed by atoms with Gasteiger partial charge in [0.25, 0.3) is 0 Å². The van der Waals surface area contributed by atoms with Gasteiger partial charge in [0, 0.05) is 24.8 Å². The molecule has 0 radical (unpaired) electrons. The summed E-state index contributed by atoms with van der Waals surface area (Å²) in [4.78, 5) is 22.2. The van der Waals surface area contributed by atoms with Crippen molar-refractivity contribution in [1.82, 2.24) is 0 Å². The van der Waals surface area contributed by atoms with Crippen LogP contribution in [0.15, 0.2) is 48.5 Å². The Morgan fingerprint density at radius 2 is 0.875 bits per heavy atom. The summed E-state index contributed by atoms with van der Waals surface area (Å²) in [5.74, 6) is -2.33. The van der Waals surface area contributed by atoms with Crippen molar-refractivity contribution in [3.63, 3.8) is 0 Å². The number of hydrogen-bond acceptors (Lipinski definition) is 4. The van der Waals surface area contributed by atoms with E-state index in [0.29, 0.717) is 11.1 Å². The van der Waals surface area contributed by atoms with Gasteiger partial charge in [0.1, 0.15) is 0 Å². The van der Waals surface area contributed by atoms with E-state index in [1.807, 2.05) is 0 Å². The van der Waals surface area contributed by atoms with Crippen LogP contribution in [0.3, 0.4) is 0 Å². The number of fused-ring (bicyclic) bond motifs is 2. The van der Waals surface area contributed by atoms with Crippen molar-refractivity contribution in [2.75, 3.05) is 0 Å². The van der Waals surface area contributed by atoms with Crippen molar-refractivity contribution < 1.29 is 78.9 Å². The first-order valence-corrected chi connectivity index (χ1v) is 6.89. The smallest absolute Gasteiger partial charge is 0.550 e. The maximum Gasteiger partial charge on any atom is 1.00 e. The molecule has 6 heteroatoms. The zero-order valence-corrected chi connectivity index (χ0v) is 17.7. The molecule has 3 aromatic carbocycles. The molecule has 0 heterocycles. The van der Waals surface area contributed by atoms with Crippen LogP contribution in [0.1, 0.15) is 11.1 Å². The second kappa shape index (κ2) is 8.99. The van der Waals surface area contributed by atoms with Crippen molar-refractivity contribution in [2.24, 2.45) is 0 Å². The molecule has 24 heavy (non-hydrogen) atoms. The quantitative estimate of drug-likeness (QED) is 0.351. The molecule has 0 bridgehead atoms. The van der Waals surface area contributed by atoms with Gasteiger partial charge in [-0.25, -0.2) is 0 Å². The maximum absolute atomic E-state index is 11.1. The number of aliphatic carboxylic acids is 2. The van der Waals surface area contributed by atoms with Crippen molar-refractivity contribution in [1.29, 1.82) is 0 Å². The molecule has 0 aliphatic carbocycles. The van der Waals surface area contributed by atoms with E-state index >= 15 is 0 Å². The Balaban J connectivity index is 0.00000144. The van der Waals surface area contributed by atoms with Gasteiger partial charge in [0.15, 0.2) is 0 Å². The monoisotopic (exact) mass is 338 g/mol. The summed E-state index contributed by atoms with van der Waals surface area (Å²) in [6, 6.07) is 14.4. The molecule has 110 valence electrons. The second-order valence-electron chi connectivity index (χ2n) is 5.15. The van der Waals surface area contributed by atoms with E-state index in [1.54, 1.807) is 48.5 Å². The normalized spacial score (nSPS) is 10.0. The number of carbonyl (C=O) groups excluding carboxylic acids is 2. The average molecular weight is 338 g/mol. The molecule has 0 aliphatic rings. The van der Waals surface area contributed by atoms with Crippen LogP contribution < -0.4 is 69.3 Å². The van der Waals surface area contributed by atoms with Crippen LogP contribution in [0.5, 0.6) is 0 Å². The molecular formula is C18H12Na2O4. The number of hydrogen-bond donors (Lipinski definition) is 0. The molecule has 0 amide bonds. The van der Waals surface area contributed by atoms with E-state index in [9.17, 15) is 19.8 Å². The maximum atomic E-state index is 11.1. The van der Waals surface area contributed by atoms with Crippen molar-refractivity contribution >= 4 is 33.5 Å². The zero-order valence-electron chi connectivity index (χ0n) is 13.7. The molecule has 0 fully saturated rings. The fourth-order valence-corrected chi connectivity index (χ4v) is 2.98. The average Bonchev–Trinajstić information content (AvgIpc) is 2.50. The summed E-state index contributed by atoms with van der Waals surface area (Å²) in [6.45, 7) is 0. The molecule has 4 nitrogen and oxygen atoms in total. The Morgan fingerprint density at radius 3 is 1.08 bits per heavy atom. The summed E-state index contributed by atoms with van der Waals surface area (Å²) < 4.78 is 0. The SMILES string of the molecule is O=C([O-])Cc1c2ccccc2c(CC(=O)[O-])c2ccccc12.[Na+].[Na+]. The number of carboxylic acid groups (broad SMARTS) is 2. The Labute approximate surface area is 183 Å². The van der Waals surface area contributed by atoms with Crippen molar-refractivity contribution in [2.45, 2.75) is 12.8 Å². The van der Waals surface area contributed by atoms with Crippen LogP contribution in [0.2, 0.25) is 0 Å². The Morgan fingerprint density at radius 1 is 0.625 bits per heavy atom. The zero-order chi connectivity index (χ0) is 15.7. The fourth-order valence-electron chi connectivity index (χ4n) is 2.98. The van der Waals surface area contributed by atoms with Crippen LogP contribution in [0, 0.1) is 0 Å². The predicted octanol–water partition coefficient (Wildman–Crippen LogP) is -5.41. The van der Waals surface area contributed by atoms with Gasteiger partial charge >= 0.3 is 59.1 Å². The van der Waals surface area contributed by atoms with Gasteiger partial charge in [-0.3, -0.25) is 0 Å². The Bertz CT molecular complexity index is 775. The summed E-state index contributed by atoms with van der Waals surface area (Å²) in [5, 5.41) is 25.2. The van der Waals surface area contributed by atoms with Gasteiger partial charge in [-0.15, -0.1) is 0 Å². The fraction of sp³-hybridized carbons (Fsp3) is 0.111. The van der Waals surface area contributed by atoms with Gasteiger partial charge in [-0.2, -0.15) is 0 Å². The largest absolute Gasteiger partial charge is 1.00 e. The first-order chi connectivity index (χ1) is 10.6. The molecule has 0 aliphatic heterocycles. The standard InChI is InChI=1S/C18H14O4.2Na/c19-17(20)9-15-11-5-1-2-6-12(11)16(10-18(21)22)14-8-4-3-7-13(14)15;;/h1-8H,9-10H2,(H,19,20)(H,21,22);;/q;2*+1/p-2. The third kappa shape index (κ3) is 4.20. The topological polar surface area (TPSA) is 80.3 Å². The van der Waals surface area contributed by atoms with E-state index in [2.05, 4.69) is 0 Å². The van der Waals surface area contributed by atoms with Gasteiger partial charge in [-0.05, 0) is 32.7 Å². The summed E-state index contributed by atoms with van der Waals surface area (Å²) in [5.41, 5.74) is 1.29.